The van der Waals surface area contributed by atoms with Crippen molar-refractivity contribution >= 4 is 39.1 Å². The van der Waals surface area contributed by atoms with Crippen LogP contribution in [0.4, 0.5) is 5.00 Å². The summed E-state index contributed by atoms with van der Waals surface area (Å²) in [6, 6.07) is 17.0. The van der Waals surface area contributed by atoms with E-state index < -0.39 is 5.97 Å². The first-order valence-corrected chi connectivity index (χ1v) is 13.7. The third kappa shape index (κ3) is 5.42. The molecule has 2 aromatic carbocycles. The van der Waals surface area contributed by atoms with Crippen molar-refractivity contribution < 1.29 is 23.8 Å². The molecule has 1 amide bonds. The summed E-state index contributed by atoms with van der Waals surface area (Å²) in [4.78, 5) is 32.8. The van der Waals surface area contributed by atoms with Gasteiger partial charge in [0, 0.05) is 22.9 Å². The number of benzene rings is 2. The smallest absolute Gasteiger partial charge is 0.341 e. The molecule has 0 aliphatic heterocycles. The lowest BCUT2D eigenvalue weighted by atomic mass is 9.95. The molecule has 0 saturated heterocycles. The number of amides is 1. The van der Waals surface area contributed by atoms with Gasteiger partial charge in [-0.2, -0.15) is 0 Å². The summed E-state index contributed by atoms with van der Waals surface area (Å²) in [5.41, 5.74) is 4.17. The fourth-order valence-electron chi connectivity index (χ4n) is 4.75. The molecule has 4 aromatic rings. The second kappa shape index (κ2) is 11.8. The molecule has 1 aliphatic carbocycles. The molecule has 0 atom stereocenters. The normalized spacial score (nSPS) is 12.7. The van der Waals surface area contributed by atoms with Gasteiger partial charge in [-0.05, 0) is 62.4 Å². The van der Waals surface area contributed by atoms with E-state index in [0.29, 0.717) is 40.6 Å². The fourth-order valence-corrected chi connectivity index (χ4v) is 6.03. The van der Waals surface area contributed by atoms with Crippen LogP contribution in [0.3, 0.4) is 0 Å². The minimum Gasteiger partial charge on any atom is -0.494 e. The van der Waals surface area contributed by atoms with Gasteiger partial charge < -0.3 is 19.5 Å². The van der Waals surface area contributed by atoms with Gasteiger partial charge in [0.2, 0.25) is 0 Å². The van der Waals surface area contributed by atoms with Gasteiger partial charge in [0.1, 0.15) is 17.4 Å². The highest BCUT2D eigenvalue weighted by Gasteiger charge is 2.28. The van der Waals surface area contributed by atoms with Crippen LogP contribution in [0.5, 0.6) is 5.75 Å². The number of para-hydroxylation sites is 1. The van der Waals surface area contributed by atoms with E-state index in [-0.39, 0.29) is 12.5 Å². The number of anilines is 1. The topological polar surface area (TPSA) is 86.8 Å². The first-order chi connectivity index (χ1) is 18.6. The molecule has 2 aromatic heterocycles. The average Bonchev–Trinajstić information content (AvgIpc) is 3.30. The lowest BCUT2D eigenvalue weighted by Crippen LogP contribution is -2.17. The van der Waals surface area contributed by atoms with Crippen molar-refractivity contribution in [3.8, 4) is 17.0 Å². The minimum absolute atomic E-state index is 0.159. The summed E-state index contributed by atoms with van der Waals surface area (Å²) in [5.74, 6) is 0.0202. The van der Waals surface area contributed by atoms with Crippen LogP contribution >= 0.6 is 11.3 Å². The predicted octanol–water partition coefficient (Wildman–Crippen LogP) is 6.30. The monoisotopic (exact) mass is 530 g/mol. The van der Waals surface area contributed by atoms with E-state index in [1.165, 1.54) is 11.3 Å². The second-order valence-electron chi connectivity index (χ2n) is 9.03. The molecule has 0 bridgehead atoms. The molecule has 38 heavy (non-hydrogen) atoms. The van der Waals surface area contributed by atoms with E-state index in [0.717, 1.165) is 52.8 Å². The van der Waals surface area contributed by atoms with Gasteiger partial charge >= 0.3 is 5.97 Å². The van der Waals surface area contributed by atoms with Crippen molar-refractivity contribution in [2.45, 2.75) is 32.6 Å². The standard InChI is InChI=1S/C30H30N2O5S/c1-3-36-20-10-8-9-19(17-20)25-18-23(21-11-4-6-13-24(21)31-25)28(33)32-29-27(30(34)37-16-15-35-2)22-12-5-7-14-26(22)38-29/h4,6,8-11,13,17-18H,3,5,7,12,14-16H2,1-2H3,(H,32,33). The van der Waals surface area contributed by atoms with Gasteiger partial charge in [-0.15, -0.1) is 11.3 Å². The van der Waals surface area contributed by atoms with Gasteiger partial charge in [0.15, 0.2) is 0 Å². The van der Waals surface area contributed by atoms with Crippen LogP contribution in [-0.4, -0.2) is 43.8 Å². The first-order valence-electron chi connectivity index (χ1n) is 12.8. The molecular weight excluding hydrogens is 500 g/mol. The number of rotatable bonds is 9. The van der Waals surface area contributed by atoms with Crippen LogP contribution in [0.1, 0.15) is 50.9 Å². The number of hydrogen-bond acceptors (Lipinski definition) is 7. The summed E-state index contributed by atoms with van der Waals surface area (Å²) in [7, 11) is 1.56. The van der Waals surface area contributed by atoms with Crippen LogP contribution in [-0.2, 0) is 22.3 Å². The van der Waals surface area contributed by atoms with Crippen molar-refractivity contribution in [2.75, 3.05) is 32.2 Å². The van der Waals surface area contributed by atoms with Crippen molar-refractivity contribution in [2.24, 2.45) is 0 Å². The van der Waals surface area contributed by atoms with Gasteiger partial charge in [-0.1, -0.05) is 30.3 Å². The van der Waals surface area contributed by atoms with E-state index in [1.807, 2.05) is 55.5 Å². The van der Waals surface area contributed by atoms with Crippen LogP contribution in [0.25, 0.3) is 22.2 Å². The van der Waals surface area contributed by atoms with Crippen LogP contribution in [0, 0.1) is 0 Å². The maximum atomic E-state index is 13.8. The highest BCUT2D eigenvalue weighted by molar-refractivity contribution is 7.17. The Morgan fingerprint density at radius 1 is 1.03 bits per heavy atom. The quantitative estimate of drug-likeness (QED) is 0.202. The SMILES string of the molecule is CCOc1cccc(-c2cc(C(=O)Nc3sc4c(c3C(=O)OCCOC)CCCC4)c3ccccc3n2)c1. The second-order valence-corrected chi connectivity index (χ2v) is 10.1. The highest BCUT2D eigenvalue weighted by Crippen LogP contribution is 2.39. The van der Waals surface area contributed by atoms with Crippen molar-refractivity contribution in [1.29, 1.82) is 0 Å². The van der Waals surface area contributed by atoms with E-state index >= 15 is 0 Å². The molecule has 2 heterocycles. The predicted molar refractivity (Wildman–Crippen MR) is 149 cm³/mol. The number of aryl methyl sites for hydroxylation is 1. The Labute approximate surface area is 225 Å². The number of methoxy groups -OCH3 is 1. The summed E-state index contributed by atoms with van der Waals surface area (Å²) in [6.07, 6.45) is 3.77. The molecule has 0 spiro atoms. The molecular formula is C30H30N2O5S. The van der Waals surface area contributed by atoms with E-state index in [9.17, 15) is 9.59 Å². The minimum atomic E-state index is -0.426. The molecule has 196 valence electrons. The maximum absolute atomic E-state index is 13.8. The Morgan fingerprint density at radius 2 is 1.87 bits per heavy atom. The number of thiophene rings is 1. The van der Waals surface area contributed by atoms with Crippen LogP contribution in [0.2, 0.25) is 0 Å². The number of esters is 1. The number of aromatic nitrogens is 1. The van der Waals surface area contributed by atoms with Crippen molar-refractivity contribution in [3.05, 3.63) is 76.2 Å². The van der Waals surface area contributed by atoms with E-state index in [4.69, 9.17) is 19.2 Å². The van der Waals surface area contributed by atoms with Gasteiger partial charge in [-0.25, -0.2) is 9.78 Å². The van der Waals surface area contributed by atoms with Gasteiger partial charge in [0.25, 0.3) is 5.91 Å². The number of pyridine rings is 1. The Morgan fingerprint density at radius 3 is 2.71 bits per heavy atom. The summed E-state index contributed by atoms with van der Waals surface area (Å²) in [5, 5.41) is 4.32. The first kappa shape index (κ1) is 25.9. The lowest BCUT2D eigenvalue weighted by molar-refractivity contribution is 0.0388. The molecule has 0 fully saturated rings. The molecule has 0 unspecified atom stereocenters. The third-order valence-corrected chi connectivity index (χ3v) is 7.73. The number of hydrogen-bond donors (Lipinski definition) is 1. The van der Waals surface area contributed by atoms with Gasteiger partial charge in [-0.3, -0.25) is 4.79 Å². The molecule has 5 rings (SSSR count). The third-order valence-electron chi connectivity index (χ3n) is 6.52. The molecule has 7 nitrogen and oxygen atoms in total. The zero-order valence-electron chi connectivity index (χ0n) is 21.5. The molecule has 1 aliphatic rings. The summed E-state index contributed by atoms with van der Waals surface area (Å²) >= 11 is 1.47. The van der Waals surface area contributed by atoms with Crippen LogP contribution in [0.15, 0.2) is 54.6 Å². The number of ether oxygens (including phenoxy) is 3. The molecule has 8 heteroatoms. The number of carbonyl (C=O) groups excluding carboxylic acids is 2. The number of nitrogens with one attached hydrogen (secondary N) is 1. The lowest BCUT2D eigenvalue weighted by Gasteiger charge is -2.13. The number of nitrogens with zero attached hydrogens (tertiary/aromatic N) is 1. The maximum Gasteiger partial charge on any atom is 0.341 e. The van der Waals surface area contributed by atoms with E-state index in [2.05, 4.69) is 5.32 Å². The highest BCUT2D eigenvalue weighted by atomic mass is 32.1. The largest absolute Gasteiger partial charge is 0.494 e. The zero-order chi connectivity index (χ0) is 26.5. The Bertz CT molecular complexity index is 1480. The molecule has 1 N–H and O–H groups in total. The average molecular weight is 531 g/mol. The summed E-state index contributed by atoms with van der Waals surface area (Å²) < 4.78 is 16.2. The van der Waals surface area contributed by atoms with Crippen molar-refractivity contribution in [3.63, 3.8) is 0 Å². The summed E-state index contributed by atoms with van der Waals surface area (Å²) in [6.45, 7) is 2.97. The Balaban J connectivity index is 1.53. The van der Waals surface area contributed by atoms with Crippen molar-refractivity contribution in [1.82, 2.24) is 4.98 Å². The number of carbonyl (C=O) groups is 2. The fraction of sp³-hybridized carbons (Fsp3) is 0.300. The Kier molecular flexibility index (Phi) is 8.00. The Hall–Kier alpha value is -3.75. The van der Waals surface area contributed by atoms with Gasteiger partial charge in [0.05, 0.1) is 35.6 Å². The molecule has 0 radical (unpaired) electrons. The zero-order valence-corrected chi connectivity index (χ0v) is 22.4. The van der Waals surface area contributed by atoms with E-state index in [1.54, 1.807) is 13.2 Å². The van der Waals surface area contributed by atoms with Crippen LogP contribution < -0.4 is 10.1 Å². The number of fused-ring (bicyclic) bond motifs is 2. The molecule has 0 saturated carbocycles.